The summed E-state index contributed by atoms with van der Waals surface area (Å²) in [5.41, 5.74) is 6.25. The molecule has 0 spiro atoms. The predicted molar refractivity (Wildman–Crippen MR) is 120 cm³/mol. The number of urea groups is 1. The smallest absolute Gasteiger partial charge is 0.326 e. The van der Waals surface area contributed by atoms with Crippen LogP contribution in [0, 0.1) is 4.78 Å². The number of carbonyl (C=O) groups excluding carboxylic acids is 1. The number of nitrogens with two attached hydrogens (primary N) is 1. The van der Waals surface area contributed by atoms with Gasteiger partial charge in [-0.3, -0.25) is 4.90 Å². The summed E-state index contributed by atoms with van der Waals surface area (Å²) < 4.78 is 22.2. The fourth-order valence-electron chi connectivity index (χ4n) is 3.41. The highest BCUT2D eigenvalue weighted by molar-refractivity contribution is 7.93. The lowest BCUT2D eigenvalue weighted by Gasteiger charge is -2.34. The summed E-state index contributed by atoms with van der Waals surface area (Å²) in [6, 6.07) is 6.81. The first-order valence-corrected chi connectivity index (χ1v) is 11.8. The summed E-state index contributed by atoms with van der Waals surface area (Å²) >= 11 is 6.00. The first-order chi connectivity index (χ1) is 14.2. The average Bonchev–Trinajstić information content (AvgIpc) is 3.05. The molecular formula is C19H26ClN7O2S. The normalized spacial score (nSPS) is 17.5. The maximum Gasteiger partial charge on any atom is 0.326 e. The molecule has 3 rings (SSSR count). The van der Waals surface area contributed by atoms with Crippen molar-refractivity contribution in [3.63, 3.8) is 0 Å². The molecule has 0 fully saturated rings. The number of hydrogen-bond acceptors (Lipinski definition) is 7. The number of anilines is 3. The molecule has 30 heavy (non-hydrogen) atoms. The molecule has 1 aliphatic heterocycles. The molecule has 1 aromatic heterocycles. The number of nitrogen functional groups attached to an aromatic ring is 1. The third-order valence-corrected chi connectivity index (χ3v) is 7.37. The van der Waals surface area contributed by atoms with Crippen LogP contribution in [0.1, 0.15) is 25.8 Å². The van der Waals surface area contributed by atoms with Gasteiger partial charge in [0, 0.05) is 30.9 Å². The van der Waals surface area contributed by atoms with Crippen LogP contribution in [0.3, 0.4) is 0 Å². The van der Waals surface area contributed by atoms with Crippen LogP contribution in [-0.2, 0) is 16.3 Å². The number of nitrogens with zero attached hydrogens (tertiary/aromatic N) is 5. The van der Waals surface area contributed by atoms with E-state index in [2.05, 4.69) is 9.97 Å². The van der Waals surface area contributed by atoms with Gasteiger partial charge in [-0.15, -0.1) is 0 Å². The molecule has 0 saturated heterocycles. The Kier molecular flexibility index (Phi) is 6.37. The highest BCUT2D eigenvalue weighted by Crippen LogP contribution is 2.44. The number of benzene rings is 1. The van der Waals surface area contributed by atoms with Crippen LogP contribution >= 0.6 is 11.6 Å². The Hall–Kier alpha value is -2.59. The van der Waals surface area contributed by atoms with Gasteiger partial charge in [-0.05, 0) is 31.0 Å². The standard InChI is InChI=1S/C19H26ClN7O2S/c1-4-10-30(22,29)19-26(11-13-6-8-14(20)9-7-13)17-15(16(21)23-12-24-17)27(19)18(28)25(3)5-2/h6-9,12,19,22H,4-5,10-11H2,1-3H3,(H2,21,23,24). The molecule has 0 bridgehead atoms. The molecule has 3 N–H and O–H groups in total. The zero-order chi connectivity index (χ0) is 22.1. The number of aromatic nitrogens is 2. The largest absolute Gasteiger partial charge is 0.382 e. The van der Waals surface area contributed by atoms with Gasteiger partial charge >= 0.3 is 6.03 Å². The van der Waals surface area contributed by atoms with Crippen LogP contribution in [0.15, 0.2) is 30.6 Å². The fourth-order valence-corrected chi connectivity index (χ4v) is 5.48. The summed E-state index contributed by atoms with van der Waals surface area (Å²) in [4.78, 5) is 26.2. The van der Waals surface area contributed by atoms with Gasteiger partial charge in [-0.1, -0.05) is 30.7 Å². The number of rotatable bonds is 6. The Bertz CT molecular complexity index is 1030. The Morgan fingerprint density at radius 1 is 1.30 bits per heavy atom. The van der Waals surface area contributed by atoms with Crippen molar-refractivity contribution >= 4 is 44.7 Å². The summed E-state index contributed by atoms with van der Waals surface area (Å²) in [7, 11) is -1.61. The highest BCUT2D eigenvalue weighted by Gasteiger charge is 2.48. The van der Waals surface area contributed by atoms with E-state index in [1.54, 1.807) is 24.1 Å². The lowest BCUT2D eigenvalue weighted by Crippen LogP contribution is -2.54. The predicted octanol–water partition coefficient (Wildman–Crippen LogP) is 3.35. The molecule has 0 radical (unpaired) electrons. The minimum atomic E-state index is -3.25. The summed E-state index contributed by atoms with van der Waals surface area (Å²) in [5, 5.41) is 0.598. The molecule has 9 nitrogen and oxygen atoms in total. The van der Waals surface area contributed by atoms with Crippen molar-refractivity contribution in [3.8, 4) is 0 Å². The molecule has 2 heterocycles. The van der Waals surface area contributed by atoms with Crippen LogP contribution in [0.25, 0.3) is 0 Å². The SMILES string of the molecule is CCCS(=N)(=O)C1N(Cc2ccc(Cl)cc2)c2ncnc(N)c2N1C(=O)N(C)CC. The maximum atomic E-state index is 13.6. The Labute approximate surface area is 181 Å². The molecule has 1 aromatic carbocycles. The highest BCUT2D eigenvalue weighted by atomic mass is 35.5. The minimum Gasteiger partial charge on any atom is -0.382 e. The van der Waals surface area contributed by atoms with Gasteiger partial charge in [0.05, 0.1) is 9.73 Å². The molecular weight excluding hydrogens is 426 g/mol. The minimum absolute atomic E-state index is 0.105. The zero-order valence-electron chi connectivity index (χ0n) is 17.2. The lowest BCUT2D eigenvalue weighted by molar-refractivity contribution is 0.217. The van der Waals surface area contributed by atoms with Gasteiger partial charge in [0.2, 0.25) is 0 Å². The Morgan fingerprint density at radius 2 is 1.97 bits per heavy atom. The van der Waals surface area contributed by atoms with E-state index in [1.165, 1.54) is 16.1 Å². The van der Waals surface area contributed by atoms with Crippen LogP contribution in [-0.4, -0.2) is 50.0 Å². The van der Waals surface area contributed by atoms with Crippen LogP contribution in [0.5, 0.6) is 0 Å². The van der Waals surface area contributed by atoms with Crippen molar-refractivity contribution in [1.82, 2.24) is 14.9 Å². The first kappa shape index (κ1) is 22.1. The second kappa shape index (κ2) is 8.65. The number of amides is 2. The molecule has 2 amide bonds. The van der Waals surface area contributed by atoms with Gasteiger partial charge < -0.3 is 15.5 Å². The average molecular weight is 452 g/mol. The molecule has 11 heteroatoms. The van der Waals surface area contributed by atoms with E-state index in [-0.39, 0.29) is 23.8 Å². The molecule has 0 saturated carbocycles. The number of halogens is 1. The van der Waals surface area contributed by atoms with E-state index in [0.29, 0.717) is 23.8 Å². The van der Waals surface area contributed by atoms with E-state index in [4.69, 9.17) is 22.1 Å². The van der Waals surface area contributed by atoms with Gasteiger partial charge in [-0.25, -0.2) is 23.8 Å². The Balaban J connectivity index is 2.18. The van der Waals surface area contributed by atoms with Crippen molar-refractivity contribution in [2.24, 2.45) is 0 Å². The van der Waals surface area contributed by atoms with E-state index >= 15 is 0 Å². The topological polar surface area (TPSA) is 120 Å². The maximum absolute atomic E-state index is 13.6. The first-order valence-electron chi connectivity index (χ1n) is 9.62. The summed E-state index contributed by atoms with van der Waals surface area (Å²) in [6.45, 7) is 4.42. The third-order valence-electron chi connectivity index (χ3n) is 4.95. The van der Waals surface area contributed by atoms with Gasteiger partial charge in [-0.2, -0.15) is 0 Å². The summed E-state index contributed by atoms with van der Waals surface area (Å²) in [5.74, 6) is 0.625. The third kappa shape index (κ3) is 4.01. The Morgan fingerprint density at radius 3 is 2.57 bits per heavy atom. The van der Waals surface area contributed by atoms with Crippen molar-refractivity contribution in [2.75, 3.05) is 34.9 Å². The number of fused-ring (bicyclic) bond motifs is 1. The van der Waals surface area contributed by atoms with Crippen molar-refractivity contribution in [2.45, 2.75) is 32.3 Å². The van der Waals surface area contributed by atoms with Crippen LogP contribution in [0.2, 0.25) is 5.02 Å². The molecule has 0 aliphatic carbocycles. The number of nitrogens with one attached hydrogen (secondary N) is 1. The van der Waals surface area contributed by atoms with Gasteiger partial charge in [0.1, 0.15) is 12.0 Å². The van der Waals surface area contributed by atoms with Crippen molar-refractivity contribution < 1.29 is 9.00 Å². The molecule has 2 unspecified atom stereocenters. The number of carbonyl (C=O) groups is 1. The van der Waals surface area contributed by atoms with Crippen LogP contribution < -0.4 is 15.5 Å². The van der Waals surface area contributed by atoms with E-state index in [1.807, 2.05) is 26.0 Å². The van der Waals surface area contributed by atoms with E-state index in [9.17, 15) is 9.00 Å². The van der Waals surface area contributed by atoms with Crippen molar-refractivity contribution in [3.05, 3.63) is 41.2 Å². The van der Waals surface area contributed by atoms with E-state index in [0.717, 1.165) is 5.56 Å². The van der Waals surface area contributed by atoms with Crippen LogP contribution in [0.4, 0.5) is 22.1 Å². The fraction of sp³-hybridized carbons (Fsp3) is 0.421. The molecule has 2 atom stereocenters. The van der Waals surface area contributed by atoms with Crippen molar-refractivity contribution in [1.29, 1.82) is 4.78 Å². The molecule has 1 aliphatic rings. The second-order valence-electron chi connectivity index (χ2n) is 7.11. The lowest BCUT2D eigenvalue weighted by atomic mass is 10.2. The zero-order valence-corrected chi connectivity index (χ0v) is 18.8. The quantitative estimate of drug-likeness (QED) is 0.694. The number of hydrogen-bond donors (Lipinski definition) is 2. The summed E-state index contributed by atoms with van der Waals surface area (Å²) in [6.07, 6.45) is 1.85. The monoisotopic (exact) mass is 451 g/mol. The molecule has 162 valence electrons. The molecule has 2 aromatic rings. The van der Waals surface area contributed by atoms with Gasteiger partial charge in [0.25, 0.3) is 0 Å². The van der Waals surface area contributed by atoms with Gasteiger partial charge in [0.15, 0.2) is 17.1 Å². The second-order valence-corrected chi connectivity index (χ2v) is 9.83. The van der Waals surface area contributed by atoms with E-state index < -0.39 is 21.3 Å².